The van der Waals surface area contributed by atoms with E-state index < -0.39 is 0 Å². The first-order valence-corrected chi connectivity index (χ1v) is 10.8. The van der Waals surface area contributed by atoms with Crippen molar-refractivity contribution >= 4 is 34.1 Å². The van der Waals surface area contributed by atoms with Crippen LogP contribution in [0.2, 0.25) is 0 Å². The summed E-state index contributed by atoms with van der Waals surface area (Å²) in [5.74, 6) is 0.0125. The molecular weight excluding hydrogens is 413 g/mol. The number of hydrogen-bond donors (Lipinski definition) is 0. The van der Waals surface area contributed by atoms with Crippen LogP contribution in [0.5, 0.6) is 5.75 Å². The fourth-order valence-corrected chi connectivity index (χ4v) is 5.55. The molecule has 31 heavy (non-hydrogen) atoms. The van der Waals surface area contributed by atoms with E-state index in [0.717, 1.165) is 16.3 Å². The summed E-state index contributed by atoms with van der Waals surface area (Å²) in [6.07, 6.45) is 1.55. The fourth-order valence-electron chi connectivity index (χ4n) is 4.23. The van der Waals surface area contributed by atoms with Gasteiger partial charge < -0.3 is 9.15 Å². The summed E-state index contributed by atoms with van der Waals surface area (Å²) in [7, 11) is 0. The lowest BCUT2D eigenvalue weighted by atomic mass is 9.88. The van der Waals surface area contributed by atoms with Gasteiger partial charge in [0, 0.05) is 16.0 Å². The summed E-state index contributed by atoms with van der Waals surface area (Å²) in [4.78, 5) is 19.3. The van der Waals surface area contributed by atoms with Gasteiger partial charge in [-0.3, -0.25) is 9.79 Å². The van der Waals surface area contributed by atoms with Gasteiger partial charge in [0.1, 0.15) is 17.1 Å². The van der Waals surface area contributed by atoms with Crippen LogP contribution in [0.15, 0.2) is 92.1 Å². The highest BCUT2D eigenvalue weighted by molar-refractivity contribution is 7.99. The fraction of sp³-hybridized carbons (Fsp3) is 0.120. The molecule has 6 rings (SSSR count). The average Bonchev–Trinajstić information content (AvgIpc) is 2.96. The highest BCUT2D eigenvalue weighted by Gasteiger charge is 2.39. The van der Waals surface area contributed by atoms with Gasteiger partial charge in [-0.1, -0.05) is 24.3 Å². The van der Waals surface area contributed by atoms with E-state index in [-0.39, 0.29) is 22.4 Å². The molecule has 152 valence electrons. The van der Waals surface area contributed by atoms with Gasteiger partial charge in [-0.05, 0) is 42.5 Å². The van der Waals surface area contributed by atoms with Crippen LogP contribution in [0.3, 0.4) is 0 Å². The highest BCUT2D eigenvalue weighted by atomic mass is 32.2. The van der Waals surface area contributed by atoms with Crippen LogP contribution < -0.4 is 10.2 Å². The first kappa shape index (κ1) is 18.4. The Bertz CT molecular complexity index is 1430. The summed E-state index contributed by atoms with van der Waals surface area (Å²) >= 11 is 1.57. The predicted octanol–water partition coefficient (Wildman–Crippen LogP) is 5.91. The Labute approximate surface area is 181 Å². The third-order valence-corrected chi connectivity index (χ3v) is 7.16. The molecule has 0 unspecified atom stereocenters. The minimum Gasteiger partial charge on any atom is -0.492 e. The van der Waals surface area contributed by atoms with E-state index in [2.05, 4.69) is 0 Å². The zero-order valence-electron chi connectivity index (χ0n) is 16.2. The number of thioether (sulfide) groups is 1. The summed E-state index contributed by atoms with van der Waals surface area (Å²) in [5.41, 5.74) is 3.21. The van der Waals surface area contributed by atoms with Gasteiger partial charge >= 0.3 is 0 Å². The molecule has 3 heterocycles. The Balaban J connectivity index is 1.59. The Morgan fingerprint density at radius 3 is 2.81 bits per heavy atom. The van der Waals surface area contributed by atoms with Crippen molar-refractivity contribution in [3.05, 3.63) is 100 Å². The Morgan fingerprint density at radius 2 is 1.87 bits per heavy atom. The molecule has 0 saturated heterocycles. The number of halogens is 1. The smallest absolute Gasteiger partial charge is 0.197 e. The van der Waals surface area contributed by atoms with Crippen molar-refractivity contribution in [2.45, 2.75) is 10.1 Å². The van der Waals surface area contributed by atoms with Crippen LogP contribution in [0, 0.1) is 11.7 Å². The lowest BCUT2D eigenvalue weighted by molar-refractivity contribution is 0.270. The Hall–Kier alpha value is -3.38. The molecule has 0 saturated carbocycles. The predicted molar refractivity (Wildman–Crippen MR) is 119 cm³/mol. The molecule has 0 fully saturated rings. The number of para-hydroxylation sites is 2. The molecule has 0 N–H and O–H groups in total. The quantitative estimate of drug-likeness (QED) is 0.378. The van der Waals surface area contributed by atoms with E-state index in [0.29, 0.717) is 34.5 Å². The second kappa shape index (κ2) is 7.10. The van der Waals surface area contributed by atoms with Crippen molar-refractivity contribution in [2.75, 3.05) is 6.61 Å². The summed E-state index contributed by atoms with van der Waals surface area (Å²) in [6.45, 7) is 0.343. The van der Waals surface area contributed by atoms with Crippen LogP contribution in [0.4, 0.5) is 10.1 Å². The van der Waals surface area contributed by atoms with Crippen molar-refractivity contribution in [1.82, 2.24) is 0 Å². The van der Waals surface area contributed by atoms with E-state index in [1.165, 1.54) is 12.1 Å². The molecular formula is C25H16FNO3S. The van der Waals surface area contributed by atoms with Gasteiger partial charge in [-0.2, -0.15) is 0 Å². The van der Waals surface area contributed by atoms with Crippen molar-refractivity contribution in [3.63, 3.8) is 0 Å². The molecule has 2 atom stereocenters. The zero-order chi connectivity index (χ0) is 20.9. The first-order chi connectivity index (χ1) is 15.2. The Morgan fingerprint density at radius 1 is 1.03 bits per heavy atom. The molecule has 0 amide bonds. The lowest BCUT2D eigenvalue weighted by Crippen LogP contribution is -2.33. The maximum absolute atomic E-state index is 14.1. The van der Waals surface area contributed by atoms with Gasteiger partial charge in [0.05, 0.1) is 40.8 Å². The van der Waals surface area contributed by atoms with Crippen LogP contribution in [0.1, 0.15) is 16.4 Å². The summed E-state index contributed by atoms with van der Waals surface area (Å²) in [6, 6.07) is 19.5. The Kier molecular flexibility index (Phi) is 4.21. The molecule has 2 aliphatic rings. The second-order valence-corrected chi connectivity index (χ2v) is 8.76. The van der Waals surface area contributed by atoms with Gasteiger partial charge in [0.25, 0.3) is 0 Å². The van der Waals surface area contributed by atoms with Crippen LogP contribution in [0.25, 0.3) is 11.0 Å². The number of ether oxygens (including phenoxy) is 1. The molecule has 6 heteroatoms. The SMILES string of the molecule is O=c1c([C@H]2Sc3ccccc3N=C3c4cc(F)ccc4OC[C@@H]32)coc2ccccc12. The van der Waals surface area contributed by atoms with Crippen LogP contribution >= 0.6 is 11.8 Å². The van der Waals surface area contributed by atoms with Crippen molar-refractivity contribution < 1.29 is 13.5 Å². The number of fused-ring (bicyclic) bond motifs is 5. The first-order valence-electron chi connectivity index (χ1n) is 9.96. The maximum Gasteiger partial charge on any atom is 0.197 e. The summed E-state index contributed by atoms with van der Waals surface area (Å²) < 4.78 is 25.9. The highest BCUT2D eigenvalue weighted by Crippen LogP contribution is 2.49. The average molecular weight is 429 g/mol. The van der Waals surface area contributed by atoms with Crippen LogP contribution in [-0.4, -0.2) is 12.3 Å². The number of benzene rings is 3. The second-order valence-electron chi connectivity index (χ2n) is 7.58. The van der Waals surface area contributed by atoms with Crippen LogP contribution in [-0.2, 0) is 0 Å². The maximum atomic E-state index is 14.1. The van der Waals surface area contributed by atoms with Crippen molar-refractivity contribution in [2.24, 2.45) is 10.9 Å². The third-order valence-electron chi connectivity index (χ3n) is 5.73. The monoisotopic (exact) mass is 429 g/mol. The third kappa shape index (κ3) is 2.98. The van der Waals surface area contributed by atoms with Gasteiger partial charge in [0.15, 0.2) is 5.43 Å². The van der Waals surface area contributed by atoms with E-state index in [9.17, 15) is 9.18 Å². The number of nitrogens with zero attached hydrogens (tertiary/aromatic N) is 1. The van der Waals surface area contributed by atoms with E-state index in [1.807, 2.05) is 36.4 Å². The van der Waals surface area contributed by atoms with Crippen molar-refractivity contribution in [3.8, 4) is 5.75 Å². The molecule has 0 spiro atoms. The normalized spacial score (nSPS) is 19.5. The largest absolute Gasteiger partial charge is 0.492 e. The molecule has 3 aromatic carbocycles. The van der Waals surface area contributed by atoms with Gasteiger partial charge in [-0.25, -0.2) is 4.39 Å². The molecule has 1 aromatic heterocycles. The number of aliphatic imine (C=N–C) groups is 1. The van der Waals surface area contributed by atoms with Gasteiger partial charge in [-0.15, -0.1) is 11.8 Å². The molecule has 0 aliphatic carbocycles. The number of hydrogen-bond acceptors (Lipinski definition) is 5. The summed E-state index contributed by atoms with van der Waals surface area (Å²) in [5, 5.41) is 0.250. The minimum absolute atomic E-state index is 0.0666. The van der Waals surface area contributed by atoms with E-state index in [1.54, 1.807) is 36.2 Å². The number of rotatable bonds is 1. The minimum atomic E-state index is -0.349. The topological polar surface area (TPSA) is 51.8 Å². The zero-order valence-corrected chi connectivity index (χ0v) is 17.1. The van der Waals surface area contributed by atoms with E-state index in [4.69, 9.17) is 14.1 Å². The molecule has 4 nitrogen and oxygen atoms in total. The molecule has 2 aliphatic heterocycles. The molecule has 4 aromatic rings. The lowest BCUT2D eigenvalue weighted by Gasteiger charge is -2.31. The molecule has 0 radical (unpaired) electrons. The van der Waals surface area contributed by atoms with Crippen molar-refractivity contribution in [1.29, 1.82) is 0 Å². The van der Waals surface area contributed by atoms with Gasteiger partial charge in [0.2, 0.25) is 0 Å². The molecule has 0 bridgehead atoms. The standard InChI is InChI=1S/C25H16FNO3S/c26-14-9-10-21-16(11-14)23-17(12-29-21)25(31-22-8-4-2-6-19(22)27-23)18-13-30-20-7-3-1-5-15(20)24(18)28/h1-11,13,17,25H,12H2/t17-,25-/m0/s1. The van der Waals surface area contributed by atoms with E-state index >= 15 is 0 Å².